The largest absolute Gasteiger partial charge is 0.465 e. The van der Waals surface area contributed by atoms with Crippen LogP contribution in [-0.4, -0.2) is 36.5 Å². The van der Waals surface area contributed by atoms with Crippen LogP contribution < -0.4 is 11.2 Å². The molecule has 2 aromatic heterocycles. The van der Waals surface area contributed by atoms with E-state index in [2.05, 4.69) is 4.98 Å². The van der Waals surface area contributed by atoms with E-state index >= 15 is 0 Å². The van der Waals surface area contributed by atoms with E-state index in [1.54, 1.807) is 14.0 Å². The van der Waals surface area contributed by atoms with E-state index in [1.165, 1.54) is 23.4 Å². The predicted octanol–water partition coefficient (Wildman–Crippen LogP) is 2.48. The Morgan fingerprint density at radius 1 is 1.13 bits per heavy atom. The average Bonchev–Trinajstić information content (AvgIpc) is 3.14. The number of esters is 1. The van der Waals surface area contributed by atoms with Gasteiger partial charge in [0.25, 0.3) is 5.56 Å². The Hall–Kier alpha value is -2.81. The van der Waals surface area contributed by atoms with E-state index in [-0.39, 0.29) is 12.0 Å². The number of aryl methyl sites for hydroxylation is 1. The van der Waals surface area contributed by atoms with Crippen LogP contribution in [0.15, 0.2) is 45.1 Å². The number of rotatable bonds is 7. The van der Waals surface area contributed by atoms with Crippen LogP contribution in [0.2, 0.25) is 0 Å². The summed E-state index contributed by atoms with van der Waals surface area (Å²) in [6, 6.07) is 9.50. The highest BCUT2D eigenvalue weighted by Gasteiger charge is 2.28. The first-order valence-corrected chi connectivity index (χ1v) is 10.8. The van der Waals surface area contributed by atoms with Gasteiger partial charge in [0.2, 0.25) is 0 Å². The van der Waals surface area contributed by atoms with Gasteiger partial charge in [-0.25, -0.2) is 9.78 Å². The van der Waals surface area contributed by atoms with Gasteiger partial charge in [-0.3, -0.25) is 18.7 Å². The fraction of sp³-hybridized carbons (Fsp3) is 0.429. The van der Waals surface area contributed by atoms with Crippen LogP contribution in [0, 0.1) is 0 Å². The summed E-state index contributed by atoms with van der Waals surface area (Å²) in [4.78, 5) is 42.5. The van der Waals surface area contributed by atoms with Crippen LogP contribution in [0.25, 0.3) is 11.2 Å². The highest BCUT2D eigenvalue weighted by atomic mass is 32.2. The first kappa shape index (κ1) is 21.9. The van der Waals surface area contributed by atoms with Gasteiger partial charge in [-0.15, -0.1) is 0 Å². The molecule has 0 N–H and O–H groups in total. The molecule has 0 saturated heterocycles. The van der Waals surface area contributed by atoms with Gasteiger partial charge in [-0.05, 0) is 25.8 Å². The third-order valence-electron chi connectivity index (χ3n) is 5.10. The molecular weight excluding hydrogens is 404 g/mol. The van der Waals surface area contributed by atoms with Crippen LogP contribution >= 0.6 is 11.8 Å². The maximum atomic E-state index is 13.1. The second-order valence-corrected chi connectivity index (χ2v) is 8.17. The Morgan fingerprint density at radius 3 is 2.40 bits per heavy atom. The molecule has 0 spiro atoms. The fourth-order valence-corrected chi connectivity index (χ4v) is 4.47. The van der Waals surface area contributed by atoms with Gasteiger partial charge in [0, 0.05) is 14.1 Å². The van der Waals surface area contributed by atoms with Crippen LogP contribution in [0.4, 0.5) is 0 Å². The zero-order chi connectivity index (χ0) is 22.0. The summed E-state index contributed by atoms with van der Waals surface area (Å²) < 4.78 is 9.45. The Morgan fingerprint density at radius 2 is 1.80 bits per heavy atom. The second-order valence-electron chi connectivity index (χ2n) is 7.00. The number of carbonyl (C=O) groups is 1. The minimum atomic E-state index is -0.468. The lowest BCUT2D eigenvalue weighted by molar-refractivity contribution is -0.142. The number of benzene rings is 1. The summed E-state index contributed by atoms with van der Waals surface area (Å²) in [7, 11) is 3.04. The SMILES string of the molecule is CCOC(=O)C(CC)Sc1nc2c(c(=O)n(C)c(=O)n2C)n1C(C)c1ccccc1. The average molecular weight is 431 g/mol. The van der Waals surface area contributed by atoms with Crippen molar-refractivity contribution in [2.45, 2.75) is 43.6 Å². The molecule has 3 rings (SSSR count). The molecule has 0 bridgehead atoms. The number of hydrogen-bond donors (Lipinski definition) is 0. The van der Waals surface area contributed by atoms with E-state index in [1.807, 2.05) is 48.7 Å². The van der Waals surface area contributed by atoms with E-state index in [4.69, 9.17) is 4.74 Å². The number of thioether (sulfide) groups is 1. The molecule has 8 nitrogen and oxygen atoms in total. The van der Waals surface area contributed by atoms with Crippen molar-refractivity contribution in [2.75, 3.05) is 6.61 Å². The van der Waals surface area contributed by atoms with Gasteiger partial charge in [-0.1, -0.05) is 49.0 Å². The fourth-order valence-electron chi connectivity index (χ4n) is 3.38. The van der Waals surface area contributed by atoms with Crippen molar-refractivity contribution in [3.05, 3.63) is 56.7 Å². The number of carbonyl (C=O) groups excluding carboxylic acids is 1. The number of hydrogen-bond acceptors (Lipinski definition) is 6. The van der Waals surface area contributed by atoms with E-state index in [0.717, 1.165) is 10.1 Å². The predicted molar refractivity (Wildman–Crippen MR) is 117 cm³/mol. The molecule has 160 valence electrons. The maximum absolute atomic E-state index is 13.1. The first-order chi connectivity index (χ1) is 14.3. The molecule has 0 amide bonds. The highest BCUT2D eigenvalue weighted by Crippen LogP contribution is 2.32. The lowest BCUT2D eigenvalue weighted by atomic mass is 10.1. The summed E-state index contributed by atoms with van der Waals surface area (Å²) in [5.41, 5.74) is 0.751. The van der Waals surface area contributed by atoms with Crippen molar-refractivity contribution < 1.29 is 9.53 Å². The van der Waals surface area contributed by atoms with Crippen LogP contribution in [0.5, 0.6) is 0 Å². The van der Waals surface area contributed by atoms with Crippen LogP contribution in [0.1, 0.15) is 38.8 Å². The maximum Gasteiger partial charge on any atom is 0.332 e. The lowest BCUT2D eigenvalue weighted by Gasteiger charge is -2.19. The number of fused-ring (bicyclic) bond motifs is 1. The molecule has 0 aliphatic rings. The molecule has 2 heterocycles. The van der Waals surface area contributed by atoms with Gasteiger partial charge in [-0.2, -0.15) is 0 Å². The Labute approximate surface area is 178 Å². The molecule has 9 heteroatoms. The third-order valence-corrected chi connectivity index (χ3v) is 6.41. The molecule has 2 unspecified atom stereocenters. The lowest BCUT2D eigenvalue weighted by Crippen LogP contribution is -2.37. The first-order valence-electron chi connectivity index (χ1n) is 9.87. The summed E-state index contributed by atoms with van der Waals surface area (Å²) >= 11 is 1.26. The van der Waals surface area contributed by atoms with Crippen molar-refractivity contribution in [3.63, 3.8) is 0 Å². The smallest absolute Gasteiger partial charge is 0.332 e. The minimum Gasteiger partial charge on any atom is -0.465 e. The van der Waals surface area contributed by atoms with Crippen LogP contribution in [0.3, 0.4) is 0 Å². The molecule has 2 atom stereocenters. The second kappa shape index (κ2) is 8.91. The zero-order valence-corrected chi connectivity index (χ0v) is 18.6. The third kappa shape index (κ3) is 3.81. The Balaban J connectivity index is 2.27. The van der Waals surface area contributed by atoms with Crippen LogP contribution in [-0.2, 0) is 23.6 Å². The molecule has 0 saturated carbocycles. The number of aromatic nitrogens is 4. The highest BCUT2D eigenvalue weighted by molar-refractivity contribution is 8.00. The van der Waals surface area contributed by atoms with Crippen molar-refractivity contribution in [1.29, 1.82) is 0 Å². The Bertz CT molecular complexity index is 1180. The van der Waals surface area contributed by atoms with Gasteiger partial charge in [0.15, 0.2) is 16.3 Å². The molecule has 30 heavy (non-hydrogen) atoms. The van der Waals surface area contributed by atoms with Gasteiger partial charge < -0.3 is 9.30 Å². The normalized spacial score (nSPS) is 13.4. The number of imidazole rings is 1. The van der Waals surface area contributed by atoms with E-state index in [0.29, 0.717) is 29.3 Å². The molecule has 0 radical (unpaired) electrons. The number of nitrogens with zero attached hydrogens (tertiary/aromatic N) is 4. The molecular formula is C21H26N4O4S. The van der Waals surface area contributed by atoms with Gasteiger partial charge in [0.05, 0.1) is 12.6 Å². The van der Waals surface area contributed by atoms with Crippen molar-refractivity contribution in [1.82, 2.24) is 18.7 Å². The van der Waals surface area contributed by atoms with Gasteiger partial charge in [0.1, 0.15) is 5.25 Å². The summed E-state index contributed by atoms with van der Waals surface area (Å²) in [5.74, 6) is -0.322. The molecule has 0 aliphatic carbocycles. The topological polar surface area (TPSA) is 88.1 Å². The molecule has 0 aliphatic heterocycles. The van der Waals surface area contributed by atoms with E-state index < -0.39 is 16.5 Å². The van der Waals surface area contributed by atoms with Crippen molar-refractivity contribution in [3.8, 4) is 0 Å². The minimum absolute atomic E-state index is 0.233. The summed E-state index contributed by atoms with van der Waals surface area (Å²) in [6.07, 6.45) is 0.545. The molecule has 1 aromatic carbocycles. The zero-order valence-electron chi connectivity index (χ0n) is 17.8. The summed E-state index contributed by atoms with van der Waals surface area (Å²) in [6.45, 7) is 5.93. The van der Waals surface area contributed by atoms with Crippen molar-refractivity contribution >= 4 is 28.9 Å². The summed E-state index contributed by atoms with van der Waals surface area (Å²) in [5, 5.41) is 0.0314. The Kier molecular flexibility index (Phi) is 6.50. The van der Waals surface area contributed by atoms with Gasteiger partial charge >= 0.3 is 11.7 Å². The molecule has 0 fully saturated rings. The monoisotopic (exact) mass is 430 g/mol. The number of ether oxygens (including phenoxy) is 1. The standard InChI is InChI=1S/C21H26N4O4S/c1-6-15(19(27)29-7-2)30-20-22-17-16(18(26)24(5)21(28)23(17)4)25(20)13(3)14-11-9-8-10-12-14/h8-13,15H,6-7H2,1-5H3. The van der Waals surface area contributed by atoms with E-state index in [9.17, 15) is 14.4 Å². The molecule has 3 aromatic rings. The quantitative estimate of drug-likeness (QED) is 0.423. The van der Waals surface area contributed by atoms with Crippen molar-refractivity contribution in [2.24, 2.45) is 14.1 Å².